The summed E-state index contributed by atoms with van der Waals surface area (Å²) in [6.07, 6.45) is 1.77. The van der Waals surface area contributed by atoms with Gasteiger partial charge in [0.25, 0.3) is 11.8 Å². The minimum atomic E-state index is 0.926. The lowest BCUT2D eigenvalue weighted by Gasteiger charge is -1.87. The van der Waals surface area contributed by atoms with E-state index in [0.717, 1.165) is 11.3 Å². The zero-order valence-electron chi connectivity index (χ0n) is 5.26. The molecule has 0 spiro atoms. The molecule has 47 valence electrons. The van der Waals surface area contributed by atoms with Gasteiger partial charge in [0.15, 0.2) is 6.20 Å². The molecule has 1 heterocycles. The molecule has 1 radical (unpaired) electrons. The second kappa shape index (κ2) is 2.36. The fraction of sp³-hybridized carbons (Fsp3) is 0.143. The van der Waals surface area contributed by atoms with Crippen LogP contribution >= 0.6 is 11.8 Å². The van der Waals surface area contributed by atoms with E-state index >= 15 is 0 Å². The summed E-state index contributed by atoms with van der Waals surface area (Å²) in [7, 11) is 0. The largest absolute Gasteiger partial charge is 0.268 e. The number of rotatable bonds is 0. The monoisotopic (exact) mass is 141 g/mol. The Morgan fingerprint density at radius 2 is 2.22 bits per heavy atom. The molecule has 0 unspecified atom stereocenters. The van der Waals surface area contributed by atoms with Crippen LogP contribution in [0.3, 0.4) is 0 Å². The molecular weight excluding hydrogens is 134 g/mol. The van der Waals surface area contributed by atoms with Crippen LogP contribution in [0.2, 0.25) is 0 Å². The van der Waals surface area contributed by atoms with Crippen molar-refractivity contribution in [2.75, 3.05) is 0 Å². The number of aryl methyl sites for hydroxylation is 1. The summed E-state index contributed by atoms with van der Waals surface area (Å²) < 4.78 is 1.53. The Balaban J connectivity index is 3.17. The molecule has 0 N–H and O–H groups in total. The van der Waals surface area contributed by atoms with E-state index in [2.05, 4.69) is 6.92 Å². The smallest absolute Gasteiger partial charge is 0.0874 e. The van der Waals surface area contributed by atoms with Crippen molar-refractivity contribution in [3.63, 3.8) is 0 Å². The normalized spacial score (nSPS) is 9.67. The standard InChI is InChI=1S/C7H8ClN/c1-6-3-4-7(2)9(8)5-6/h3-5H,1H2,2H3/q+1. The molecule has 2 heteroatoms. The molecule has 9 heavy (non-hydrogen) atoms. The van der Waals surface area contributed by atoms with E-state index in [1.54, 1.807) is 6.20 Å². The number of aromatic nitrogens is 1. The average Bonchev–Trinajstić information content (AvgIpc) is 1.80. The summed E-state index contributed by atoms with van der Waals surface area (Å²) >= 11 is 5.69. The molecule has 0 saturated carbocycles. The minimum absolute atomic E-state index is 0.926. The molecule has 0 aliphatic heterocycles. The fourth-order valence-electron chi connectivity index (χ4n) is 0.589. The van der Waals surface area contributed by atoms with Gasteiger partial charge >= 0.3 is 0 Å². The summed E-state index contributed by atoms with van der Waals surface area (Å²) in [4.78, 5) is 0. The zero-order chi connectivity index (χ0) is 6.85. The molecule has 0 fully saturated rings. The third kappa shape index (κ3) is 1.42. The first-order valence-corrected chi connectivity index (χ1v) is 3.04. The van der Waals surface area contributed by atoms with Gasteiger partial charge in [-0.05, 0) is 13.0 Å². The highest BCUT2D eigenvalue weighted by atomic mass is 35.5. The summed E-state index contributed by atoms with van der Waals surface area (Å²) in [5.41, 5.74) is 1.94. The van der Waals surface area contributed by atoms with Gasteiger partial charge in [0.2, 0.25) is 5.69 Å². The third-order valence-electron chi connectivity index (χ3n) is 1.15. The Morgan fingerprint density at radius 3 is 2.67 bits per heavy atom. The second-order valence-corrected chi connectivity index (χ2v) is 2.35. The van der Waals surface area contributed by atoms with Crippen molar-refractivity contribution in [3.8, 4) is 0 Å². The first-order valence-electron chi connectivity index (χ1n) is 2.70. The average molecular weight is 142 g/mol. The highest BCUT2D eigenvalue weighted by molar-refractivity contribution is 6.04. The van der Waals surface area contributed by atoms with E-state index in [1.165, 1.54) is 4.09 Å². The maximum atomic E-state index is 5.69. The lowest BCUT2D eigenvalue weighted by Crippen LogP contribution is -2.23. The molecule has 1 aromatic rings. The SMILES string of the molecule is [CH2]c1ccc(C)[n+](Cl)c1. The lowest BCUT2D eigenvalue weighted by molar-refractivity contribution is -0.527. The molecule has 0 aliphatic carbocycles. The first kappa shape index (κ1) is 6.56. The molecule has 1 nitrogen and oxygen atoms in total. The van der Waals surface area contributed by atoms with Gasteiger partial charge in [-0.3, -0.25) is 0 Å². The summed E-state index contributed by atoms with van der Waals surface area (Å²) in [6, 6.07) is 3.85. The lowest BCUT2D eigenvalue weighted by atomic mass is 10.3. The highest BCUT2D eigenvalue weighted by Crippen LogP contribution is 1.94. The van der Waals surface area contributed by atoms with Crippen molar-refractivity contribution >= 4 is 11.8 Å². The van der Waals surface area contributed by atoms with Crippen LogP contribution in [-0.2, 0) is 0 Å². The predicted molar refractivity (Wildman–Crippen MR) is 37.1 cm³/mol. The maximum Gasteiger partial charge on any atom is 0.268 e. The van der Waals surface area contributed by atoms with E-state index in [0.29, 0.717) is 0 Å². The predicted octanol–water partition coefficient (Wildman–Crippen LogP) is 1.47. The topological polar surface area (TPSA) is 3.88 Å². The van der Waals surface area contributed by atoms with E-state index in [9.17, 15) is 0 Å². The Bertz CT molecular complexity index is 220. The quantitative estimate of drug-likeness (QED) is 0.515. The Labute approximate surface area is 60.0 Å². The second-order valence-electron chi connectivity index (χ2n) is 1.99. The van der Waals surface area contributed by atoms with Crippen LogP contribution in [0.4, 0.5) is 0 Å². The molecule has 0 aromatic carbocycles. The Kier molecular flexibility index (Phi) is 1.72. The number of halogens is 1. The van der Waals surface area contributed by atoms with Gasteiger partial charge in [0, 0.05) is 18.6 Å². The van der Waals surface area contributed by atoms with E-state index in [-0.39, 0.29) is 0 Å². The van der Waals surface area contributed by atoms with Crippen LogP contribution < -0.4 is 4.09 Å². The van der Waals surface area contributed by atoms with Gasteiger partial charge in [0.1, 0.15) is 0 Å². The molecular formula is C7H8ClN+. The van der Waals surface area contributed by atoms with Crippen LogP contribution in [0.5, 0.6) is 0 Å². The van der Waals surface area contributed by atoms with Gasteiger partial charge in [0.05, 0.1) is 0 Å². The maximum absolute atomic E-state index is 5.69. The molecule has 1 rings (SSSR count). The molecule has 0 bridgehead atoms. The minimum Gasteiger partial charge on any atom is -0.0874 e. The van der Waals surface area contributed by atoms with Gasteiger partial charge in [-0.1, -0.05) is 4.09 Å². The van der Waals surface area contributed by atoms with Crippen LogP contribution in [0.25, 0.3) is 0 Å². The van der Waals surface area contributed by atoms with Gasteiger partial charge in [-0.15, -0.1) is 0 Å². The number of hydrogen-bond acceptors (Lipinski definition) is 0. The van der Waals surface area contributed by atoms with E-state index in [1.807, 2.05) is 19.1 Å². The summed E-state index contributed by atoms with van der Waals surface area (Å²) in [5, 5.41) is 0. The van der Waals surface area contributed by atoms with Crippen LogP contribution in [0.1, 0.15) is 11.3 Å². The third-order valence-corrected chi connectivity index (χ3v) is 1.52. The van der Waals surface area contributed by atoms with E-state index < -0.39 is 0 Å². The van der Waals surface area contributed by atoms with Crippen LogP contribution in [0.15, 0.2) is 18.3 Å². The van der Waals surface area contributed by atoms with Crippen molar-refractivity contribution in [1.29, 1.82) is 0 Å². The van der Waals surface area contributed by atoms with Crippen molar-refractivity contribution in [2.45, 2.75) is 6.92 Å². The highest BCUT2D eigenvalue weighted by Gasteiger charge is 2.00. The Hall–Kier alpha value is -0.560. The van der Waals surface area contributed by atoms with Crippen molar-refractivity contribution < 1.29 is 4.09 Å². The molecule has 1 aromatic heterocycles. The van der Waals surface area contributed by atoms with Gasteiger partial charge < -0.3 is 0 Å². The number of pyridine rings is 1. The van der Waals surface area contributed by atoms with Crippen LogP contribution in [-0.4, -0.2) is 0 Å². The molecule has 0 saturated heterocycles. The fourth-order valence-corrected chi connectivity index (χ4v) is 0.771. The zero-order valence-corrected chi connectivity index (χ0v) is 6.02. The first-order chi connectivity index (χ1) is 4.20. The summed E-state index contributed by atoms with van der Waals surface area (Å²) in [5.74, 6) is 0. The van der Waals surface area contributed by atoms with Crippen molar-refractivity contribution in [3.05, 3.63) is 36.5 Å². The number of hydrogen-bond donors (Lipinski definition) is 0. The van der Waals surface area contributed by atoms with Gasteiger partial charge in [-0.25, -0.2) is 0 Å². The Morgan fingerprint density at radius 1 is 1.56 bits per heavy atom. The van der Waals surface area contributed by atoms with Crippen LogP contribution in [0, 0.1) is 13.8 Å². The van der Waals surface area contributed by atoms with Gasteiger partial charge in [-0.2, -0.15) is 0 Å². The van der Waals surface area contributed by atoms with E-state index in [4.69, 9.17) is 11.8 Å². The summed E-state index contributed by atoms with van der Waals surface area (Å²) in [6.45, 7) is 5.65. The number of nitrogens with zero attached hydrogens (tertiary/aromatic N) is 1. The molecule has 0 atom stereocenters. The molecule has 0 amide bonds. The molecule has 0 aliphatic rings. The van der Waals surface area contributed by atoms with Crippen molar-refractivity contribution in [2.24, 2.45) is 0 Å². The van der Waals surface area contributed by atoms with Crippen molar-refractivity contribution in [1.82, 2.24) is 0 Å².